The number of ether oxygens (including phenoxy) is 2. The Labute approximate surface area is 160 Å². The summed E-state index contributed by atoms with van der Waals surface area (Å²) in [6, 6.07) is 6.18. The van der Waals surface area contributed by atoms with Crippen molar-refractivity contribution in [1.82, 2.24) is 9.88 Å². The fourth-order valence-electron chi connectivity index (χ4n) is 2.76. The van der Waals surface area contributed by atoms with Crippen LogP contribution >= 0.6 is 11.3 Å². The summed E-state index contributed by atoms with van der Waals surface area (Å²) in [6.07, 6.45) is 1.33. The van der Waals surface area contributed by atoms with Crippen LogP contribution in [-0.2, 0) is 22.7 Å². The highest BCUT2D eigenvalue weighted by molar-refractivity contribution is 7.09. The van der Waals surface area contributed by atoms with Gasteiger partial charge in [0.05, 0.1) is 12.2 Å². The predicted molar refractivity (Wildman–Crippen MR) is 105 cm³/mol. The van der Waals surface area contributed by atoms with E-state index >= 15 is 0 Å². The van der Waals surface area contributed by atoms with Gasteiger partial charge in [-0.25, -0.2) is 4.98 Å². The number of benzene rings is 1. The van der Waals surface area contributed by atoms with E-state index in [1.165, 1.54) is 11.1 Å². The fraction of sp³-hybridized carbons (Fsp3) is 0.500. The smallest absolute Gasteiger partial charge is 0.222 e. The highest BCUT2D eigenvalue weighted by Gasteiger charge is 2.14. The van der Waals surface area contributed by atoms with E-state index in [0.29, 0.717) is 32.7 Å². The van der Waals surface area contributed by atoms with Crippen molar-refractivity contribution in [2.45, 2.75) is 46.8 Å². The molecule has 0 bridgehead atoms. The molecule has 0 saturated carbocycles. The van der Waals surface area contributed by atoms with E-state index in [2.05, 4.69) is 24.9 Å². The van der Waals surface area contributed by atoms with Crippen molar-refractivity contribution < 1.29 is 14.3 Å². The Morgan fingerprint density at radius 2 is 1.96 bits per heavy atom. The zero-order valence-corrected chi connectivity index (χ0v) is 16.9. The minimum Gasteiger partial charge on any atom is -0.486 e. The number of carbonyl (C=O) groups excluding carboxylic acids is 1. The van der Waals surface area contributed by atoms with Crippen LogP contribution in [0.15, 0.2) is 23.6 Å². The Kier molecular flexibility index (Phi) is 8.06. The van der Waals surface area contributed by atoms with Crippen LogP contribution in [0.25, 0.3) is 0 Å². The maximum absolute atomic E-state index is 12.1. The van der Waals surface area contributed by atoms with Crippen molar-refractivity contribution in [3.8, 4) is 5.75 Å². The molecule has 1 aromatic heterocycles. The van der Waals surface area contributed by atoms with Gasteiger partial charge < -0.3 is 14.4 Å². The largest absolute Gasteiger partial charge is 0.486 e. The first-order chi connectivity index (χ1) is 12.5. The number of hydrogen-bond acceptors (Lipinski definition) is 5. The SMILES string of the molecule is CCC(=O)N(CCCOC)Cc1csc(COc2cc(C)cc(C)c2)n1. The van der Waals surface area contributed by atoms with E-state index in [9.17, 15) is 4.79 Å². The van der Waals surface area contributed by atoms with Crippen LogP contribution in [0.4, 0.5) is 0 Å². The zero-order valence-electron chi connectivity index (χ0n) is 16.1. The molecule has 5 nitrogen and oxygen atoms in total. The Hall–Kier alpha value is -1.92. The molecule has 2 rings (SSSR count). The van der Waals surface area contributed by atoms with Gasteiger partial charge in [-0.3, -0.25) is 4.79 Å². The highest BCUT2D eigenvalue weighted by Crippen LogP contribution is 2.19. The summed E-state index contributed by atoms with van der Waals surface area (Å²) in [5, 5.41) is 2.92. The number of methoxy groups -OCH3 is 1. The Bertz CT molecular complexity index is 695. The first-order valence-electron chi connectivity index (χ1n) is 8.93. The lowest BCUT2D eigenvalue weighted by Gasteiger charge is -2.21. The van der Waals surface area contributed by atoms with Gasteiger partial charge in [-0.15, -0.1) is 11.3 Å². The lowest BCUT2D eigenvalue weighted by atomic mass is 10.1. The molecule has 0 saturated heterocycles. The summed E-state index contributed by atoms with van der Waals surface area (Å²) < 4.78 is 11.0. The average Bonchev–Trinajstić information content (AvgIpc) is 3.05. The molecular formula is C20H28N2O3S. The Balaban J connectivity index is 1.93. The molecule has 0 aliphatic heterocycles. The maximum Gasteiger partial charge on any atom is 0.222 e. The van der Waals surface area contributed by atoms with E-state index in [1.54, 1.807) is 18.4 Å². The molecule has 2 aromatic rings. The summed E-state index contributed by atoms with van der Waals surface area (Å²) in [6.45, 7) is 8.33. The molecular weight excluding hydrogens is 348 g/mol. The quantitative estimate of drug-likeness (QED) is 0.586. The summed E-state index contributed by atoms with van der Waals surface area (Å²) >= 11 is 1.57. The monoisotopic (exact) mass is 376 g/mol. The van der Waals surface area contributed by atoms with Gasteiger partial charge in [-0.1, -0.05) is 13.0 Å². The van der Waals surface area contributed by atoms with Crippen LogP contribution < -0.4 is 4.74 Å². The topological polar surface area (TPSA) is 51.7 Å². The van der Waals surface area contributed by atoms with E-state index in [4.69, 9.17) is 9.47 Å². The molecule has 0 spiro atoms. The van der Waals surface area contributed by atoms with Gasteiger partial charge in [0, 0.05) is 32.1 Å². The summed E-state index contributed by atoms with van der Waals surface area (Å²) in [4.78, 5) is 18.6. The molecule has 0 N–H and O–H groups in total. The number of amides is 1. The summed E-state index contributed by atoms with van der Waals surface area (Å²) in [5.74, 6) is 1.00. The molecule has 0 fully saturated rings. The second kappa shape index (κ2) is 10.3. The van der Waals surface area contributed by atoms with Gasteiger partial charge >= 0.3 is 0 Å². The molecule has 6 heteroatoms. The number of aryl methyl sites for hydroxylation is 2. The van der Waals surface area contributed by atoms with E-state index in [0.717, 1.165) is 22.9 Å². The molecule has 0 aliphatic rings. The third kappa shape index (κ3) is 6.42. The molecule has 26 heavy (non-hydrogen) atoms. The molecule has 1 heterocycles. The molecule has 0 radical (unpaired) electrons. The zero-order chi connectivity index (χ0) is 18.9. The van der Waals surface area contributed by atoms with Crippen LogP contribution in [-0.4, -0.2) is 36.1 Å². The molecule has 0 unspecified atom stereocenters. The standard InChI is InChI=1S/C20H28N2O3S/c1-5-20(23)22(7-6-8-24-4)12-17-14-26-19(21-17)13-25-18-10-15(2)9-16(3)11-18/h9-11,14H,5-8,12-13H2,1-4H3. The fourth-order valence-corrected chi connectivity index (χ4v) is 3.46. The van der Waals surface area contributed by atoms with E-state index < -0.39 is 0 Å². The van der Waals surface area contributed by atoms with Crippen LogP contribution in [0, 0.1) is 13.8 Å². The van der Waals surface area contributed by atoms with Crippen molar-refractivity contribution in [1.29, 1.82) is 0 Å². The van der Waals surface area contributed by atoms with Gasteiger partial charge in [-0.2, -0.15) is 0 Å². The molecule has 1 amide bonds. The van der Waals surface area contributed by atoms with Crippen LogP contribution in [0.1, 0.15) is 41.6 Å². The first kappa shape index (κ1) is 20.4. The summed E-state index contributed by atoms with van der Waals surface area (Å²) in [5.41, 5.74) is 3.28. The number of carbonyl (C=O) groups is 1. The lowest BCUT2D eigenvalue weighted by molar-refractivity contribution is -0.131. The number of nitrogens with zero attached hydrogens (tertiary/aromatic N) is 2. The van der Waals surface area contributed by atoms with Crippen molar-refractivity contribution in [2.75, 3.05) is 20.3 Å². The highest BCUT2D eigenvalue weighted by atomic mass is 32.1. The van der Waals surface area contributed by atoms with Crippen LogP contribution in [0.5, 0.6) is 5.75 Å². The summed E-state index contributed by atoms with van der Waals surface area (Å²) in [7, 11) is 1.68. The number of rotatable bonds is 10. The maximum atomic E-state index is 12.1. The van der Waals surface area contributed by atoms with E-state index in [-0.39, 0.29) is 5.91 Å². The second-order valence-corrected chi connectivity index (χ2v) is 7.30. The van der Waals surface area contributed by atoms with Gasteiger partial charge in [-0.05, 0) is 43.5 Å². The average molecular weight is 377 g/mol. The molecule has 142 valence electrons. The Morgan fingerprint density at radius 1 is 1.23 bits per heavy atom. The van der Waals surface area contributed by atoms with Crippen molar-refractivity contribution >= 4 is 17.2 Å². The predicted octanol–water partition coefficient (Wildman–Crippen LogP) is 4.11. The number of hydrogen-bond donors (Lipinski definition) is 0. The Morgan fingerprint density at radius 3 is 2.62 bits per heavy atom. The van der Waals surface area contributed by atoms with Crippen molar-refractivity contribution in [2.24, 2.45) is 0 Å². The minimum absolute atomic E-state index is 0.141. The molecule has 0 aliphatic carbocycles. The first-order valence-corrected chi connectivity index (χ1v) is 9.81. The van der Waals surface area contributed by atoms with Crippen LogP contribution in [0.3, 0.4) is 0 Å². The van der Waals surface area contributed by atoms with Crippen molar-refractivity contribution in [3.63, 3.8) is 0 Å². The third-order valence-electron chi connectivity index (χ3n) is 3.94. The molecule has 1 aromatic carbocycles. The minimum atomic E-state index is 0.141. The van der Waals surface area contributed by atoms with Gasteiger partial charge in [0.1, 0.15) is 17.4 Å². The number of aromatic nitrogens is 1. The third-order valence-corrected chi connectivity index (χ3v) is 4.81. The van der Waals surface area contributed by atoms with Crippen LogP contribution in [0.2, 0.25) is 0 Å². The number of thiazole rings is 1. The van der Waals surface area contributed by atoms with Gasteiger partial charge in [0.25, 0.3) is 0 Å². The van der Waals surface area contributed by atoms with Gasteiger partial charge in [0.15, 0.2) is 0 Å². The second-order valence-electron chi connectivity index (χ2n) is 6.36. The normalized spacial score (nSPS) is 10.8. The van der Waals surface area contributed by atoms with Crippen molar-refractivity contribution in [3.05, 3.63) is 45.4 Å². The van der Waals surface area contributed by atoms with E-state index in [1.807, 2.05) is 29.3 Å². The molecule has 0 atom stereocenters. The van der Waals surface area contributed by atoms with Gasteiger partial charge in [0.2, 0.25) is 5.91 Å². The lowest BCUT2D eigenvalue weighted by Crippen LogP contribution is -2.31.